The van der Waals surface area contributed by atoms with Crippen LogP contribution >= 0.6 is 11.8 Å². The van der Waals surface area contributed by atoms with Crippen LogP contribution in [0.1, 0.15) is 23.7 Å². The first-order valence-electron chi connectivity index (χ1n) is 6.02. The van der Waals surface area contributed by atoms with Crippen LogP contribution in [0.25, 0.3) is 0 Å². The molecule has 5 heteroatoms. The van der Waals surface area contributed by atoms with E-state index in [-0.39, 0.29) is 11.0 Å². The molecule has 1 aliphatic heterocycles. The summed E-state index contributed by atoms with van der Waals surface area (Å²) in [7, 11) is 1.15. The highest BCUT2D eigenvalue weighted by Crippen LogP contribution is 2.40. The van der Waals surface area contributed by atoms with Crippen molar-refractivity contribution < 1.29 is 19.1 Å². The Bertz CT molecular complexity index is 538. The second-order valence-electron chi connectivity index (χ2n) is 4.26. The van der Waals surface area contributed by atoms with Gasteiger partial charge in [-0.05, 0) is 12.5 Å². The van der Waals surface area contributed by atoms with Crippen molar-refractivity contribution in [1.82, 2.24) is 0 Å². The summed E-state index contributed by atoms with van der Waals surface area (Å²) in [5, 5.41) is -0.214. The molecule has 19 heavy (non-hydrogen) atoms. The molecule has 0 spiro atoms. The first kappa shape index (κ1) is 13.8. The molecule has 0 saturated carbocycles. The molecular formula is C14H14O4S. The second-order valence-corrected chi connectivity index (χ2v) is 5.54. The smallest absolute Gasteiger partial charge is 0.375 e. The van der Waals surface area contributed by atoms with E-state index < -0.39 is 17.7 Å². The summed E-state index contributed by atoms with van der Waals surface area (Å²) in [4.78, 5) is 36.7. The third-order valence-corrected chi connectivity index (χ3v) is 4.67. The Hall–Kier alpha value is -1.62. The van der Waals surface area contributed by atoms with Crippen LogP contribution in [0.2, 0.25) is 0 Å². The van der Waals surface area contributed by atoms with Gasteiger partial charge in [-0.2, -0.15) is 0 Å². The molecule has 1 aromatic carbocycles. The van der Waals surface area contributed by atoms with Crippen LogP contribution in [0.15, 0.2) is 29.2 Å². The molecule has 1 aromatic rings. The lowest BCUT2D eigenvalue weighted by Gasteiger charge is -2.28. The highest BCUT2D eigenvalue weighted by atomic mass is 32.2. The van der Waals surface area contributed by atoms with E-state index in [4.69, 9.17) is 0 Å². The first-order chi connectivity index (χ1) is 9.10. The van der Waals surface area contributed by atoms with Gasteiger partial charge in [0.1, 0.15) is 5.92 Å². The minimum atomic E-state index is -0.947. The number of ether oxygens (including phenoxy) is 1. The van der Waals surface area contributed by atoms with Gasteiger partial charge in [0.05, 0.1) is 7.11 Å². The van der Waals surface area contributed by atoms with Gasteiger partial charge in [0.2, 0.25) is 0 Å². The summed E-state index contributed by atoms with van der Waals surface area (Å²) in [6.07, 6.45) is 0.637. The standard InChI is InChI=1S/C14H14O4S/c1-3-9-11(13(16)14(17)18-2)12(15)8-6-4-5-7-10(8)19-9/h4-7,9,11H,3H2,1-2H3. The van der Waals surface area contributed by atoms with Crippen molar-refractivity contribution in [2.45, 2.75) is 23.5 Å². The zero-order chi connectivity index (χ0) is 14.0. The fourth-order valence-electron chi connectivity index (χ4n) is 2.17. The van der Waals surface area contributed by atoms with Crippen molar-refractivity contribution in [2.24, 2.45) is 5.92 Å². The zero-order valence-corrected chi connectivity index (χ0v) is 11.5. The van der Waals surface area contributed by atoms with Crippen molar-refractivity contribution in [1.29, 1.82) is 0 Å². The quantitative estimate of drug-likeness (QED) is 0.481. The number of hydrogen-bond acceptors (Lipinski definition) is 5. The Morgan fingerprint density at radius 1 is 1.32 bits per heavy atom. The van der Waals surface area contributed by atoms with Crippen LogP contribution in [-0.2, 0) is 14.3 Å². The van der Waals surface area contributed by atoms with E-state index >= 15 is 0 Å². The van der Waals surface area contributed by atoms with E-state index in [9.17, 15) is 14.4 Å². The molecular weight excluding hydrogens is 264 g/mol. The lowest BCUT2D eigenvalue weighted by Crippen LogP contribution is -2.40. The SMILES string of the molecule is CCC1Sc2ccccc2C(=O)C1C(=O)C(=O)OC. The maximum atomic E-state index is 12.4. The predicted molar refractivity (Wildman–Crippen MR) is 71.2 cm³/mol. The average molecular weight is 278 g/mol. The van der Waals surface area contributed by atoms with Crippen LogP contribution < -0.4 is 0 Å². The number of esters is 1. The second kappa shape index (κ2) is 5.57. The fourth-order valence-corrected chi connectivity index (χ4v) is 3.50. The van der Waals surface area contributed by atoms with Gasteiger partial charge in [-0.15, -0.1) is 11.8 Å². The van der Waals surface area contributed by atoms with Crippen molar-refractivity contribution in [3.05, 3.63) is 29.8 Å². The maximum absolute atomic E-state index is 12.4. The topological polar surface area (TPSA) is 60.4 Å². The maximum Gasteiger partial charge on any atom is 0.375 e. The Balaban J connectivity index is 2.41. The molecule has 0 aliphatic carbocycles. The normalized spacial score (nSPS) is 21.7. The number of methoxy groups -OCH3 is 1. The number of fused-ring (bicyclic) bond motifs is 1. The van der Waals surface area contributed by atoms with Crippen molar-refractivity contribution in [3.63, 3.8) is 0 Å². The number of carbonyl (C=O) groups excluding carboxylic acids is 3. The highest BCUT2D eigenvalue weighted by Gasteiger charge is 2.42. The molecule has 0 bridgehead atoms. The molecule has 0 N–H and O–H groups in total. The van der Waals surface area contributed by atoms with Gasteiger partial charge in [0.15, 0.2) is 5.78 Å². The number of carbonyl (C=O) groups is 3. The lowest BCUT2D eigenvalue weighted by atomic mass is 9.88. The highest BCUT2D eigenvalue weighted by molar-refractivity contribution is 8.00. The molecule has 2 unspecified atom stereocenters. The number of benzene rings is 1. The van der Waals surface area contributed by atoms with Crippen LogP contribution in [0.3, 0.4) is 0 Å². The molecule has 0 saturated heterocycles. The van der Waals surface area contributed by atoms with E-state index in [0.29, 0.717) is 12.0 Å². The van der Waals surface area contributed by atoms with Crippen LogP contribution in [0, 0.1) is 5.92 Å². The van der Waals surface area contributed by atoms with Crippen LogP contribution in [0.5, 0.6) is 0 Å². The molecule has 0 amide bonds. The first-order valence-corrected chi connectivity index (χ1v) is 6.90. The predicted octanol–water partition coefficient (Wildman–Crippen LogP) is 2.11. The van der Waals surface area contributed by atoms with E-state index in [0.717, 1.165) is 12.0 Å². The summed E-state index contributed by atoms with van der Waals surface area (Å²) >= 11 is 1.48. The summed E-state index contributed by atoms with van der Waals surface area (Å²) in [5.74, 6) is -2.91. The Morgan fingerprint density at radius 2 is 2.00 bits per heavy atom. The van der Waals surface area contributed by atoms with E-state index in [1.807, 2.05) is 19.1 Å². The van der Waals surface area contributed by atoms with Gasteiger partial charge in [0.25, 0.3) is 5.78 Å². The minimum Gasteiger partial charge on any atom is -0.463 e. The number of rotatable bonds is 3. The summed E-state index contributed by atoms with van der Waals surface area (Å²) in [6, 6.07) is 7.16. The number of thioether (sulfide) groups is 1. The van der Waals surface area contributed by atoms with E-state index in [1.54, 1.807) is 12.1 Å². The van der Waals surface area contributed by atoms with Gasteiger partial charge in [-0.1, -0.05) is 25.1 Å². The fraction of sp³-hybridized carbons (Fsp3) is 0.357. The van der Waals surface area contributed by atoms with Gasteiger partial charge >= 0.3 is 5.97 Å². The third-order valence-electron chi connectivity index (χ3n) is 3.16. The van der Waals surface area contributed by atoms with Crippen LogP contribution in [-0.4, -0.2) is 29.9 Å². The van der Waals surface area contributed by atoms with Crippen LogP contribution in [0.4, 0.5) is 0 Å². The van der Waals surface area contributed by atoms with E-state index in [2.05, 4.69) is 4.74 Å². The minimum absolute atomic E-state index is 0.214. The number of ketones is 2. The summed E-state index contributed by atoms with van der Waals surface area (Å²) in [6.45, 7) is 1.90. The monoisotopic (exact) mass is 278 g/mol. The lowest BCUT2D eigenvalue weighted by molar-refractivity contribution is -0.152. The van der Waals surface area contributed by atoms with Gasteiger partial charge < -0.3 is 4.74 Å². The van der Waals surface area contributed by atoms with Crippen molar-refractivity contribution in [2.75, 3.05) is 7.11 Å². The molecule has 0 fully saturated rings. The van der Waals surface area contributed by atoms with Crippen molar-refractivity contribution in [3.8, 4) is 0 Å². The summed E-state index contributed by atoms with van der Waals surface area (Å²) in [5.41, 5.74) is 0.513. The molecule has 2 atom stereocenters. The molecule has 0 aromatic heterocycles. The van der Waals surface area contributed by atoms with E-state index in [1.165, 1.54) is 11.8 Å². The number of hydrogen-bond donors (Lipinski definition) is 0. The number of Topliss-reactive ketones (excluding diaryl/α,β-unsaturated/α-hetero) is 2. The Kier molecular flexibility index (Phi) is 4.04. The van der Waals surface area contributed by atoms with Gasteiger partial charge in [-0.25, -0.2) is 4.79 Å². The largest absolute Gasteiger partial charge is 0.463 e. The molecule has 100 valence electrons. The van der Waals surface area contributed by atoms with Gasteiger partial charge in [0, 0.05) is 15.7 Å². The molecule has 4 nitrogen and oxygen atoms in total. The molecule has 1 heterocycles. The third kappa shape index (κ3) is 2.42. The molecule has 1 aliphatic rings. The van der Waals surface area contributed by atoms with Crippen molar-refractivity contribution >= 4 is 29.3 Å². The molecule has 2 rings (SSSR count). The Labute approximate surface area is 115 Å². The van der Waals surface area contributed by atoms with Gasteiger partial charge in [-0.3, -0.25) is 9.59 Å². The molecule has 0 radical (unpaired) electrons. The average Bonchev–Trinajstić information content (AvgIpc) is 2.45. The zero-order valence-electron chi connectivity index (χ0n) is 10.7. The Morgan fingerprint density at radius 3 is 2.63 bits per heavy atom. The summed E-state index contributed by atoms with van der Waals surface area (Å²) < 4.78 is 4.44.